The molecule has 0 saturated heterocycles. The first-order valence-electron chi connectivity index (χ1n) is 4.62. The van der Waals surface area contributed by atoms with Gasteiger partial charge in [0.1, 0.15) is 18.2 Å². The summed E-state index contributed by atoms with van der Waals surface area (Å²) in [5, 5.41) is 0. The van der Waals surface area contributed by atoms with Crippen LogP contribution in [0.1, 0.15) is 19.4 Å². The first-order valence-corrected chi connectivity index (χ1v) is 4.62. The lowest BCUT2D eigenvalue weighted by Gasteiger charge is -2.04. The van der Waals surface area contributed by atoms with Crippen molar-refractivity contribution < 1.29 is 9.13 Å². The first kappa shape index (κ1) is 10.8. The second kappa shape index (κ2) is 4.80. The molecule has 14 heavy (non-hydrogen) atoms. The number of hydrogen-bond donors (Lipinski definition) is 0. The van der Waals surface area contributed by atoms with E-state index in [2.05, 4.69) is 0 Å². The van der Waals surface area contributed by atoms with Crippen LogP contribution in [0.5, 0.6) is 5.75 Å². The number of benzene rings is 1. The van der Waals surface area contributed by atoms with Crippen LogP contribution in [0.3, 0.4) is 0 Å². The van der Waals surface area contributed by atoms with E-state index in [1.54, 1.807) is 19.1 Å². The lowest BCUT2D eigenvalue weighted by molar-refractivity contribution is 0.359. The molecule has 0 amide bonds. The summed E-state index contributed by atoms with van der Waals surface area (Å²) in [6, 6.07) is 4.90. The summed E-state index contributed by atoms with van der Waals surface area (Å²) in [7, 11) is 0. The lowest BCUT2D eigenvalue weighted by Crippen LogP contribution is -1.95. The Morgan fingerprint density at radius 1 is 1.43 bits per heavy atom. The average Bonchev–Trinajstić information content (AvgIpc) is 2.10. The molecule has 1 rings (SSSR count). The zero-order valence-electron chi connectivity index (χ0n) is 8.80. The number of hydrogen-bond acceptors (Lipinski definition) is 1. The van der Waals surface area contributed by atoms with Crippen LogP contribution in [0.25, 0.3) is 0 Å². The molecule has 0 N–H and O–H groups in total. The Kier molecular flexibility index (Phi) is 3.69. The molecule has 0 atom stereocenters. The van der Waals surface area contributed by atoms with E-state index in [0.717, 1.165) is 0 Å². The van der Waals surface area contributed by atoms with Gasteiger partial charge in [0.2, 0.25) is 0 Å². The minimum atomic E-state index is -0.222. The molecule has 1 aromatic rings. The van der Waals surface area contributed by atoms with Gasteiger partial charge in [0.05, 0.1) is 0 Å². The van der Waals surface area contributed by atoms with Crippen molar-refractivity contribution in [3.63, 3.8) is 0 Å². The van der Waals surface area contributed by atoms with Crippen molar-refractivity contribution in [3.8, 4) is 5.75 Å². The van der Waals surface area contributed by atoms with E-state index >= 15 is 0 Å². The molecule has 1 nitrogen and oxygen atoms in total. The van der Waals surface area contributed by atoms with Gasteiger partial charge in [-0.25, -0.2) is 4.39 Å². The van der Waals surface area contributed by atoms with Gasteiger partial charge < -0.3 is 4.74 Å². The highest BCUT2D eigenvalue weighted by Crippen LogP contribution is 2.15. The number of halogens is 1. The van der Waals surface area contributed by atoms with Crippen LogP contribution in [-0.4, -0.2) is 6.61 Å². The van der Waals surface area contributed by atoms with Crippen LogP contribution in [0.2, 0.25) is 0 Å². The molecule has 0 unspecified atom stereocenters. The molecule has 2 heteroatoms. The molecule has 0 aliphatic heterocycles. The number of allylic oxidation sites excluding steroid dienone is 1. The van der Waals surface area contributed by atoms with Crippen molar-refractivity contribution in [2.24, 2.45) is 0 Å². The SMILES string of the molecule is CC(C)=CCOc1ccc(C)c(F)c1. The minimum Gasteiger partial charge on any atom is -0.489 e. The molecule has 0 heterocycles. The topological polar surface area (TPSA) is 9.23 Å². The lowest BCUT2D eigenvalue weighted by atomic mass is 10.2. The van der Waals surface area contributed by atoms with Crippen LogP contribution in [-0.2, 0) is 0 Å². The maximum Gasteiger partial charge on any atom is 0.129 e. The molecule has 0 spiro atoms. The molecule has 76 valence electrons. The van der Waals surface area contributed by atoms with Gasteiger partial charge in [-0.1, -0.05) is 11.6 Å². The van der Waals surface area contributed by atoms with Gasteiger partial charge in [0, 0.05) is 6.07 Å². The minimum absolute atomic E-state index is 0.222. The zero-order valence-corrected chi connectivity index (χ0v) is 8.80. The van der Waals surface area contributed by atoms with Gasteiger partial charge in [-0.3, -0.25) is 0 Å². The molecule has 1 aromatic carbocycles. The Bertz CT molecular complexity index is 338. The third-order valence-electron chi connectivity index (χ3n) is 1.88. The number of ether oxygens (including phenoxy) is 1. The van der Waals surface area contributed by atoms with Crippen LogP contribution in [0.15, 0.2) is 29.8 Å². The third kappa shape index (κ3) is 3.21. The average molecular weight is 194 g/mol. The van der Waals surface area contributed by atoms with Crippen molar-refractivity contribution in [1.29, 1.82) is 0 Å². The predicted molar refractivity (Wildman–Crippen MR) is 56.1 cm³/mol. The molecule has 0 aromatic heterocycles. The van der Waals surface area contributed by atoms with Gasteiger partial charge in [-0.15, -0.1) is 0 Å². The molecule has 0 saturated carbocycles. The summed E-state index contributed by atoms with van der Waals surface area (Å²) in [6.07, 6.45) is 1.96. The quantitative estimate of drug-likeness (QED) is 0.669. The normalized spacial score (nSPS) is 9.71. The van der Waals surface area contributed by atoms with Crippen molar-refractivity contribution >= 4 is 0 Å². The van der Waals surface area contributed by atoms with Gasteiger partial charge in [0.25, 0.3) is 0 Å². The van der Waals surface area contributed by atoms with Gasteiger partial charge in [0.15, 0.2) is 0 Å². The van der Waals surface area contributed by atoms with Crippen molar-refractivity contribution in [1.82, 2.24) is 0 Å². The summed E-state index contributed by atoms with van der Waals surface area (Å²) in [4.78, 5) is 0. The monoisotopic (exact) mass is 194 g/mol. The summed E-state index contributed by atoms with van der Waals surface area (Å²) >= 11 is 0. The molecular weight excluding hydrogens is 179 g/mol. The van der Waals surface area contributed by atoms with E-state index in [1.165, 1.54) is 11.6 Å². The zero-order chi connectivity index (χ0) is 10.6. The Hall–Kier alpha value is -1.31. The Balaban J connectivity index is 2.60. The molecule has 0 fully saturated rings. The van der Waals surface area contributed by atoms with E-state index in [1.807, 2.05) is 19.9 Å². The van der Waals surface area contributed by atoms with Crippen LogP contribution in [0.4, 0.5) is 4.39 Å². The van der Waals surface area contributed by atoms with Crippen molar-refractivity contribution in [2.45, 2.75) is 20.8 Å². The van der Waals surface area contributed by atoms with Gasteiger partial charge in [-0.2, -0.15) is 0 Å². The fourth-order valence-corrected chi connectivity index (χ4v) is 0.968. The standard InChI is InChI=1S/C12H15FO/c1-9(2)6-7-14-11-5-4-10(3)12(13)8-11/h4-6,8H,7H2,1-3H3. The van der Waals surface area contributed by atoms with Crippen LogP contribution < -0.4 is 4.74 Å². The maximum absolute atomic E-state index is 13.1. The highest BCUT2D eigenvalue weighted by Gasteiger charge is 1.98. The van der Waals surface area contributed by atoms with Gasteiger partial charge >= 0.3 is 0 Å². The summed E-state index contributed by atoms with van der Waals surface area (Å²) in [6.45, 7) is 6.22. The van der Waals surface area contributed by atoms with Crippen LogP contribution >= 0.6 is 0 Å². The van der Waals surface area contributed by atoms with Gasteiger partial charge in [-0.05, 0) is 38.5 Å². The van der Waals surface area contributed by atoms with Crippen molar-refractivity contribution in [2.75, 3.05) is 6.61 Å². The second-order valence-corrected chi connectivity index (χ2v) is 3.50. The highest BCUT2D eigenvalue weighted by atomic mass is 19.1. The largest absolute Gasteiger partial charge is 0.489 e. The number of rotatable bonds is 3. The Morgan fingerprint density at radius 2 is 2.14 bits per heavy atom. The molecular formula is C12H15FO. The maximum atomic E-state index is 13.1. The molecule has 0 aliphatic rings. The summed E-state index contributed by atoms with van der Waals surface area (Å²) in [5.41, 5.74) is 1.83. The fourth-order valence-electron chi connectivity index (χ4n) is 0.968. The fraction of sp³-hybridized carbons (Fsp3) is 0.333. The van der Waals surface area contributed by atoms with E-state index in [-0.39, 0.29) is 5.82 Å². The summed E-state index contributed by atoms with van der Waals surface area (Å²) < 4.78 is 18.4. The number of aryl methyl sites for hydroxylation is 1. The van der Waals surface area contributed by atoms with Crippen LogP contribution in [0, 0.1) is 12.7 Å². The van der Waals surface area contributed by atoms with E-state index in [4.69, 9.17) is 4.74 Å². The van der Waals surface area contributed by atoms with Crippen molar-refractivity contribution in [3.05, 3.63) is 41.2 Å². The Labute approximate surface area is 84.2 Å². The second-order valence-electron chi connectivity index (χ2n) is 3.50. The van der Waals surface area contributed by atoms with E-state index in [0.29, 0.717) is 17.9 Å². The summed E-state index contributed by atoms with van der Waals surface area (Å²) in [5.74, 6) is 0.352. The smallest absolute Gasteiger partial charge is 0.129 e. The molecule has 0 radical (unpaired) electrons. The van der Waals surface area contributed by atoms with E-state index in [9.17, 15) is 4.39 Å². The predicted octanol–water partition coefficient (Wildman–Crippen LogP) is 3.48. The molecule has 0 aliphatic carbocycles. The van der Waals surface area contributed by atoms with E-state index < -0.39 is 0 Å². The molecule has 0 bridgehead atoms. The Morgan fingerprint density at radius 3 is 2.71 bits per heavy atom. The highest BCUT2D eigenvalue weighted by molar-refractivity contribution is 5.28. The third-order valence-corrected chi connectivity index (χ3v) is 1.88. The first-order chi connectivity index (χ1) is 6.59.